The van der Waals surface area contributed by atoms with Gasteiger partial charge in [-0.3, -0.25) is 4.79 Å². The second-order valence-corrected chi connectivity index (χ2v) is 6.12. The van der Waals surface area contributed by atoms with Crippen LogP contribution < -0.4 is 5.43 Å². The van der Waals surface area contributed by atoms with Gasteiger partial charge in [0.1, 0.15) is 5.82 Å². The van der Waals surface area contributed by atoms with Gasteiger partial charge in [-0.05, 0) is 41.9 Å². The lowest BCUT2D eigenvalue weighted by atomic mass is 9.90. The summed E-state index contributed by atoms with van der Waals surface area (Å²) in [5.41, 5.74) is 3.60. The first-order valence-corrected chi connectivity index (χ1v) is 7.20. The number of hydrogen-bond acceptors (Lipinski definition) is 2. The number of hydrazone groups is 1. The predicted molar refractivity (Wildman–Crippen MR) is 75.7 cm³/mol. The third kappa shape index (κ3) is 2.35. The predicted octanol–water partition coefficient (Wildman–Crippen LogP) is 3.10. The van der Waals surface area contributed by atoms with Gasteiger partial charge in [-0.25, -0.2) is 9.82 Å². The smallest absolute Gasteiger partial charge is 0.244 e. The summed E-state index contributed by atoms with van der Waals surface area (Å²) in [4.78, 5) is 12.1. The fourth-order valence-corrected chi connectivity index (χ4v) is 3.64. The number of nitrogens with one attached hydrogen (secondary N) is 1. The summed E-state index contributed by atoms with van der Waals surface area (Å²) in [6, 6.07) is 6.01. The van der Waals surface area contributed by atoms with Gasteiger partial charge >= 0.3 is 0 Å². The van der Waals surface area contributed by atoms with Crippen LogP contribution in [0.1, 0.15) is 38.2 Å². The van der Waals surface area contributed by atoms with Gasteiger partial charge in [0, 0.05) is 5.92 Å². The zero-order valence-electron chi connectivity index (χ0n) is 11.6. The highest BCUT2D eigenvalue weighted by Crippen LogP contribution is 2.66. The molecule has 1 aromatic carbocycles. The van der Waals surface area contributed by atoms with E-state index >= 15 is 0 Å². The van der Waals surface area contributed by atoms with Crippen molar-refractivity contribution in [3.05, 3.63) is 35.6 Å². The number of fused-ring (bicyclic) bond motifs is 1. The van der Waals surface area contributed by atoms with E-state index in [0.717, 1.165) is 18.4 Å². The second-order valence-electron chi connectivity index (χ2n) is 6.12. The average Bonchev–Trinajstić information content (AvgIpc) is 3.06. The maximum absolute atomic E-state index is 12.7. The van der Waals surface area contributed by atoms with Gasteiger partial charge in [0.25, 0.3) is 0 Å². The van der Waals surface area contributed by atoms with Crippen LogP contribution in [0.2, 0.25) is 0 Å². The lowest BCUT2D eigenvalue weighted by Crippen LogP contribution is -2.22. The van der Waals surface area contributed by atoms with Crippen LogP contribution in [0, 0.1) is 23.1 Å². The van der Waals surface area contributed by atoms with Gasteiger partial charge < -0.3 is 0 Å². The van der Waals surface area contributed by atoms with Crippen molar-refractivity contribution in [3.8, 4) is 0 Å². The molecular formula is C16H19FN2O. The van der Waals surface area contributed by atoms with Crippen molar-refractivity contribution in [1.29, 1.82) is 0 Å². The molecule has 1 amide bonds. The van der Waals surface area contributed by atoms with Gasteiger partial charge in [0.15, 0.2) is 0 Å². The molecule has 3 rings (SSSR count). The normalized spacial score (nSPS) is 31.9. The van der Waals surface area contributed by atoms with E-state index in [4.69, 9.17) is 0 Å². The van der Waals surface area contributed by atoms with Crippen LogP contribution in [0.15, 0.2) is 29.4 Å². The number of rotatable bonds is 3. The Labute approximate surface area is 118 Å². The van der Waals surface area contributed by atoms with Gasteiger partial charge in [-0.2, -0.15) is 5.10 Å². The van der Waals surface area contributed by atoms with E-state index in [0.29, 0.717) is 5.92 Å². The topological polar surface area (TPSA) is 41.5 Å². The minimum atomic E-state index is -0.277. The molecule has 20 heavy (non-hydrogen) atoms. The lowest BCUT2D eigenvalue weighted by molar-refractivity contribution is -0.123. The molecule has 4 heteroatoms. The maximum atomic E-state index is 12.7. The molecule has 0 aliphatic heterocycles. The summed E-state index contributed by atoms with van der Waals surface area (Å²) in [6.07, 6.45) is 6.33. The van der Waals surface area contributed by atoms with Crippen LogP contribution in [-0.4, -0.2) is 12.1 Å². The van der Waals surface area contributed by atoms with Crippen molar-refractivity contribution in [2.24, 2.45) is 22.4 Å². The molecule has 0 aromatic heterocycles. The maximum Gasteiger partial charge on any atom is 0.244 e. The zero-order chi connectivity index (χ0) is 14.2. The highest BCUT2D eigenvalue weighted by atomic mass is 19.1. The van der Waals surface area contributed by atoms with E-state index < -0.39 is 0 Å². The third-order valence-electron chi connectivity index (χ3n) is 4.87. The number of hydrogen-bond donors (Lipinski definition) is 1. The Balaban J connectivity index is 1.56. The number of amides is 1. The Kier molecular flexibility index (Phi) is 3.32. The summed E-state index contributed by atoms with van der Waals surface area (Å²) in [7, 11) is 0. The molecule has 0 saturated heterocycles. The highest BCUT2D eigenvalue weighted by molar-refractivity contribution is 5.85. The summed E-state index contributed by atoms with van der Waals surface area (Å²) >= 11 is 0. The van der Waals surface area contributed by atoms with Crippen molar-refractivity contribution in [3.63, 3.8) is 0 Å². The van der Waals surface area contributed by atoms with Crippen molar-refractivity contribution in [1.82, 2.24) is 5.43 Å². The highest BCUT2D eigenvalue weighted by Gasteiger charge is 2.64. The fourth-order valence-electron chi connectivity index (χ4n) is 3.64. The molecule has 3 atom stereocenters. The van der Waals surface area contributed by atoms with E-state index in [-0.39, 0.29) is 23.1 Å². The molecule has 1 N–H and O–H groups in total. The molecule has 1 aromatic rings. The van der Waals surface area contributed by atoms with Gasteiger partial charge in [-0.1, -0.05) is 31.9 Å². The van der Waals surface area contributed by atoms with Crippen LogP contribution >= 0.6 is 0 Å². The molecule has 0 radical (unpaired) electrons. The summed E-state index contributed by atoms with van der Waals surface area (Å²) in [5, 5.41) is 3.97. The minimum absolute atomic E-state index is 0.0257. The molecule has 2 saturated carbocycles. The van der Waals surface area contributed by atoms with Gasteiger partial charge in [-0.15, -0.1) is 0 Å². The summed E-state index contributed by atoms with van der Waals surface area (Å²) < 4.78 is 12.7. The van der Waals surface area contributed by atoms with Crippen molar-refractivity contribution in [2.75, 3.05) is 0 Å². The van der Waals surface area contributed by atoms with Crippen LogP contribution in [-0.2, 0) is 4.79 Å². The quantitative estimate of drug-likeness (QED) is 0.668. The minimum Gasteiger partial charge on any atom is -0.273 e. The molecule has 0 spiro atoms. The van der Waals surface area contributed by atoms with E-state index in [1.165, 1.54) is 25.0 Å². The molecule has 0 heterocycles. The first kappa shape index (κ1) is 13.3. The second kappa shape index (κ2) is 5.00. The number of benzene rings is 1. The van der Waals surface area contributed by atoms with Gasteiger partial charge in [0.05, 0.1) is 6.21 Å². The molecular weight excluding hydrogens is 255 g/mol. The molecule has 106 valence electrons. The molecule has 2 fully saturated rings. The first-order valence-electron chi connectivity index (χ1n) is 7.20. The molecule has 0 unspecified atom stereocenters. The molecule has 2 aliphatic rings. The Bertz CT molecular complexity index is 540. The average molecular weight is 274 g/mol. The van der Waals surface area contributed by atoms with E-state index in [9.17, 15) is 9.18 Å². The number of carbonyl (C=O) groups is 1. The van der Waals surface area contributed by atoms with Crippen molar-refractivity contribution in [2.45, 2.75) is 32.6 Å². The molecule has 0 bridgehead atoms. The summed E-state index contributed by atoms with van der Waals surface area (Å²) in [6.45, 7) is 2.21. The van der Waals surface area contributed by atoms with Crippen molar-refractivity contribution >= 4 is 12.1 Å². The standard InChI is InChI=1S/C16H19FN2O/c1-16-9-3-2-4-13(16)14(16)15(20)19-18-10-11-5-7-12(17)8-6-11/h5-8,10,13-14H,2-4,9H2,1H3,(H,19,20)/t13-,14+,16-/m0/s1. The van der Waals surface area contributed by atoms with Crippen LogP contribution in [0.4, 0.5) is 4.39 Å². The van der Waals surface area contributed by atoms with E-state index in [2.05, 4.69) is 17.5 Å². The van der Waals surface area contributed by atoms with Crippen LogP contribution in [0.3, 0.4) is 0 Å². The fraction of sp³-hybridized carbons (Fsp3) is 0.500. The third-order valence-corrected chi connectivity index (χ3v) is 4.87. The van der Waals surface area contributed by atoms with Gasteiger partial charge in [0.2, 0.25) is 5.91 Å². The lowest BCUT2D eigenvalue weighted by Gasteiger charge is -2.15. The Hall–Kier alpha value is -1.71. The Morgan fingerprint density at radius 2 is 2.15 bits per heavy atom. The SMILES string of the molecule is C[C@]12CCCC[C@H]1[C@@H]2C(=O)NN=Cc1ccc(F)cc1. The monoisotopic (exact) mass is 274 g/mol. The van der Waals surface area contributed by atoms with Crippen LogP contribution in [0.25, 0.3) is 0 Å². The van der Waals surface area contributed by atoms with Crippen molar-refractivity contribution < 1.29 is 9.18 Å². The van der Waals surface area contributed by atoms with E-state index in [1.54, 1.807) is 18.3 Å². The molecule has 2 aliphatic carbocycles. The Morgan fingerprint density at radius 1 is 1.40 bits per heavy atom. The molecule has 3 nitrogen and oxygen atoms in total. The summed E-state index contributed by atoms with van der Waals surface area (Å²) in [5.74, 6) is 0.409. The number of carbonyl (C=O) groups excluding carboxylic acids is 1. The zero-order valence-corrected chi connectivity index (χ0v) is 11.6. The van der Waals surface area contributed by atoms with E-state index in [1.807, 2.05) is 0 Å². The number of nitrogens with zero attached hydrogens (tertiary/aromatic N) is 1. The van der Waals surface area contributed by atoms with Crippen LogP contribution in [0.5, 0.6) is 0 Å². The first-order chi connectivity index (χ1) is 9.61. The largest absolute Gasteiger partial charge is 0.273 e. The Morgan fingerprint density at radius 3 is 2.80 bits per heavy atom. The number of halogens is 1.